The van der Waals surface area contributed by atoms with Crippen molar-refractivity contribution in [3.05, 3.63) is 36.4 Å². The highest BCUT2D eigenvalue weighted by molar-refractivity contribution is 5.75. The van der Waals surface area contributed by atoms with E-state index in [4.69, 9.17) is 4.74 Å². The van der Waals surface area contributed by atoms with Gasteiger partial charge in [-0.25, -0.2) is 4.68 Å². The minimum Gasteiger partial charge on any atom is -0.493 e. The Morgan fingerprint density at radius 2 is 2.27 bits per heavy atom. The average molecular weight is 203 g/mol. The molecule has 2 aromatic heterocycles. The van der Waals surface area contributed by atoms with E-state index in [0.717, 1.165) is 12.0 Å². The van der Waals surface area contributed by atoms with Crippen molar-refractivity contribution < 1.29 is 9.53 Å². The van der Waals surface area contributed by atoms with E-state index < -0.39 is 0 Å². The summed E-state index contributed by atoms with van der Waals surface area (Å²) in [7, 11) is 1.57. The lowest BCUT2D eigenvalue weighted by Crippen LogP contribution is -1.96. The summed E-state index contributed by atoms with van der Waals surface area (Å²) in [5.74, 6) is 0.659. The maximum Gasteiger partial charge on any atom is 0.157 e. The van der Waals surface area contributed by atoms with Crippen LogP contribution in [0.2, 0.25) is 0 Å². The second-order valence-electron chi connectivity index (χ2n) is 2.92. The first-order chi connectivity index (χ1) is 7.33. The van der Waals surface area contributed by atoms with Crippen LogP contribution >= 0.6 is 0 Å². The molecule has 0 spiro atoms. The Balaban J connectivity index is 2.39. The zero-order valence-electron chi connectivity index (χ0n) is 8.12. The Labute approximate surface area is 86.3 Å². The largest absolute Gasteiger partial charge is 0.493 e. The number of rotatable bonds is 3. The molecule has 0 saturated carbocycles. The lowest BCUT2D eigenvalue weighted by molar-refractivity contribution is 0.112. The fourth-order valence-corrected chi connectivity index (χ4v) is 1.19. The quantitative estimate of drug-likeness (QED) is 0.700. The number of hydrogen-bond acceptors (Lipinski definition) is 4. The predicted octanol–water partition coefficient (Wildman–Crippen LogP) is 1.09. The smallest absolute Gasteiger partial charge is 0.157 e. The SMILES string of the molecule is COc1cnn(-c2cncc(C=O)c2)c1. The van der Waals surface area contributed by atoms with Gasteiger partial charge in [-0.15, -0.1) is 0 Å². The molecule has 5 heteroatoms. The minimum absolute atomic E-state index is 0.516. The summed E-state index contributed by atoms with van der Waals surface area (Å²) in [5.41, 5.74) is 1.24. The van der Waals surface area contributed by atoms with Crippen LogP contribution in [0.15, 0.2) is 30.9 Å². The van der Waals surface area contributed by atoms with E-state index in [1.165, 1.54) is 6.20 Å². The van der Waals surface area contributed by atoms with Gasteiger partial charge in [-0.3, -0.25) is 9.78 Å². The molecule has 0 fully saturated rings. The third-order valence-corrected chi connectivity index (χ3v) is 1.94. The van der Waals surface area contributed by atoms with Gasteiger partial charge in [0.1, 0.15) is 0 Å². The molecule has 0 aromatic carbocycles. The van der Waals surface area contributed by atoms with Crippen LogP contribution in [0.25, 0.3) is 5.69 Å². The molecule has 2 heterocycles. The van der Waals surface area contributed by atoms with Crippen molar-refractivity contribution in [1.29, 1.82) is 0 Å². The zero-order chi connectivity index (χ0) is 10.7. The van der Waals surface area contributed by atoms with Gasteiger partial charge in [-0.05, 0) is 6.07 Å². The lowest BCUT2D eigenvalue weighted by Gasteiger charge is -1.99. The molecule has 5 nitrogen and oxygen atoms in total. The lowest BCUT2D eigenvalue weighted by atomic mass is 10.3. The number of aldehydes is 1. The van der Waals surface area contributed by atoms with Gasteiger partial charge in [0.15, 0.2) is 12.0 Å². The van der Waals surface area contributed by atoms with Crippen molar-refractivity contribution in [3.63, 3.8) is 0 Å². The van der Waals surface area contributed by atoms with E-state index in [1.807, 2.05) is 0 Å². The third-order valence-electron chi connectivity index (χ3n) is 1.94. The molecule has 0 atom stereocenters. The molecule has 0 aliphatic heterocycles. The van der Waals surface area contributed by atoms with E-state index in [1.54, 1.807) is 36.4 Å². The molecule has 0 amide bonds. The Morgan fingerprint density at radius 1 is 1.40 bits per heavy atom. The molecule has 15 heavy (non-hydrogen) atoms. The van der Waals surface area contributed by atoms with E-state index in [-0.39, 0.29) is 0 Å². The van der Waals surface area contributed by atoms with Gasteiger partial charge in [-0.2, -0.15) is 5.10 Å². The molecule has 2 rings (SSSR count). The van der Waals surface area contributed by atoms with Gasteiger partial charge in [0, 0.05) is 11.8 Å². The maximum absolute atomic E-state index is 10.6. The normalized spacial score (nSPS) is 9.93. The standard InChI is InChI=1S/C10H9N3O2/c1-15-10-5-12-13(6-10)9-2-8(7-14)3-11-4-9/h2-7H,1H3. The monoisotopic (exact) mass is 203 g/mol. The molecular formula is C10H9N3O2. The van der Waals surface area contributed by atoms with Crippen molar-refractivity contribution >= 4 is 6.29 Å². The molecule has 0 aliphatic carbocycles. The summed E-state index contributed by atoms with van der Waals surface area (Å²) in [6.07, 6.45) is 7.17. The summed E-state index contributed by atoms with van der Waals surface area (Å²) < 4.78 is 6.60. The van der Waals surface area contributed by atoms with Crippen molar-refractivity contribution in [2.75, 3.05) is 7.11 Å². The van der Waals surface area contributed by atoms with Crippen LogP contribution in [0.1, 0.15) is 10.4 Å². The van der Waals surface area contributed by atoms with Crippen LogP contribution in [0, 0.1) is 0 Å². The molecular weight excluding hydrogens is 194 g/mol. The van der Waals surface area contributed by atoms with Crippen LogP contribution in [-0.2, 0) is 0 Å². The topological polar surface area (TPSA) is 57.0 Å². The number of carbonyl (C=O) groups is 1. The maximum atomic E-state index is 10.6. The van der Waals surface area contributed by atoms with Gasteiger partial charge >= 0.3 is 0 Å². The first-order valence-electron chi connectivity index (χ1n) is 4.33. The highest BCUT2D eigenvalue weighted by atomic mass is 16.5. The minimum atomic E-state index is 0.516. The fourth-order valence-electron chi connectivity index (χ4n) is 1.19. The van der Waals surface area contributed by atoms with Crippen molar-refractivity contribution in [3.8, 4) is 11.4 Å². The van der Waals surface area contributed by atoms with Gasteiger partial charge in [-0.1, -0.05) is 0 Å². The summed E-state index contributed by atoms with van der Waals surface area (Å²) >= 11 is 0. The van der Waals surface area contributed by atoms with Crippen LogP contribution in [0.3, 0.4) is 0 Å². The second kappa shape index (κ2) is 3.91. The average Bonchev–Trinajstić information content (AvgIpc) is 2.78. The van der Waals surface area contributed by atoms with Crippen LogP contribution in [-0.4, -0.2) is 28.2 Å². The molecule has 0 bridgehead atoms. The number of hydrogen-bond donors (Lipinski definition) is 0. The number of nitrogens with zero attached hydrogens (tertiary/aromatic N) is 3. The van der Waals surface area contributed by atoms with Gasteiger partial charge in [0.2, 0.25) is 0 Å². The van der Waals surface area contributed by atoms with Gasteiger partial charge in [0.25, 0.3) is 0 Å². The van der Waals surface area contributed by atoms with Crippen molar-refractivity contribution in [2.24, 2.45) is 0 Å². The Kier molecular flexibility index (Phi) is 2.45. The summed E-state index contributed by atoms with van der Waals surface area (Å²) in [6.45, 7) is 0. The number of carbonyl (C=O) groups excluding carboxylic acids is 1. The second-order valence-corrected chi connectivity index (χ2v) is 2.92. The Hall–Kier alpha value is -2.17. The Morgan fingerprint density at radius 3 is 2.93 bits per heavy atom. The number of pyridine rings is 1. The Bertz CT molecular complexity index is 479. The summed E-state index contributed by atoms with van der Waals surface area (Å²) in [6, 6.07) is 1.70. The molecule has 76 valence electrons. The van der Waals surface area contributed by atoms with E-state index in [0.29, 0.717) is 11.3 Å². The van der Waals surface area contributed by atoms with Gasteiger partial charge < -0.3 is 4.74 Å². The van der Waals surface area contributed by atoms with Crippen molar-refractivity contribution in [2.45, 2.75) is 0 Å². The van der Waals surface area contributed by atoms with Crippen LogP contribution in [0.4, 0.5) is 0 Å². The highest BCUT2D eigenvalue weighted by Crippen LogP contribution is 2.12. The van der Waals surface area contributed by atoms with Crippen molar-refractivity contribution in [1.82, 2.24) is 14.8 Å². The number of aromatic nitrogens is 3. The molecule has 0 radical (unpaired) electrons. The highest BCUT2D eigenvalue weighted by Gasteiger charge is 2.01. The summed E-state index contributed by atoms with van der Waals surface area (Å²) in [5, 5.41) is 4.07. The third kappa shape index (κ3) is 1.85. The molecule has 0 saturated heterocycles. The van der Waals surface area contributed by atoms with Gasteiger partial charge in [0.05, 0.1) is 31.4 Å². The first-order valence-corrected chi connectivity index (χ1v) is 4.33. The predicted molar refractivity (Wildman–Crippen MR) is 53.3 cm³/mol. The number of methoxy groups -OCH3 is 1. The zero-order valence-corrected chi connectivity index (χ0v) is 8.12. The molecule has 0 aliphatic rings. The molecule has 0 N–H and O–H groups in total. The molecule has 0 unspecified atom stereocenters. The first kappa shape index (κ1) is 9.39. The molecule has 2 aromatic rings. The summed E-state index contributed by atoms with van der Waals surface area (Å²) in [4.78, 5) is 14.5. The van der Waals surface area contributed by atoms with E-state index in [9.17, 15) is 4.79 Å². The fraction of sp³-hybridized carbons (Fsp3) is 0.100. The van der Waals surface area contributed by atoms with Crippen LogP contribution in [0.5, 0.6) is 5.75 Å². The van der Waals surface area contributed by atoms with E-state index in [2.05, 4.69) is 10.1 Å². The number of ether oxygens (including phenoxy) is 1. The van der Waals surface area contributed by atoms with Crippen LogP contribution < -0.4 is 4.74 Å². The van der Waals surface area contributed by atoms with E-state index >= 15 is 0 Å².